The van der Waals surface area contributed by atoms with Crippen molar-refractivity contribution in [2.24, 2.45) is 0 Å². The second-order valence-corrected chi connectivity index (χ2v) is 5.83. The Bertz CT molecular complexity index is 396. The highest BCUT2D eigenvalue weighted by Gasteiger charge is 2.20. The molecule has 3 heteroatoms. The van der Waals surface area contributed by atoms with Gasteiger partial charge in [0.2, 0.25) is 0 Å². The molecular weight excluding hydrogens is 215 g/mol. The van der Waals surface area contributed by atoms with E-state index in [0.717, 1.165) is 25.1 Å². The van der Waals surface area contributed by atoms with Gasteiger partial charge in [-0.15, -0.1) is 0 Å². The standard InChI is InChI=1S/C14H21FN2/c1-14(2,3)17-9-13-7-11-6-12(15)5-4-10(11)8-16-13/h4-6,13,16-17H,7-9H2,1-3H3. The van der Waals surface area contributed by atoms with Crippen molar-refractivity contribution in [3.05, 3.63) is 35.1 Å². The molecule has 0 bridgehead atoms. The minimum atomic E-state index is -0.131. The number of hydrogen-bond donors (Lipinski definition) is 2. The van der Waals surface area contributed by atoms with E-state index in [-0.39, 0.29) is 11.4 Å². The first-order chi connectivity index (χ1) is 7.94. The van der Waals surface area contributed by atoms with Gasteiger partial charge >= 0.3 is 0 Å². The molecule has 0 radical (unpaired) electrons. The van der Waals surface area contributed by atoms with Crippen molar-refractivity contribution >= 4 is 0 Å². The largest absolute Gasteiger partial charge is 0.311 e. The third-order valence-electron chi connectivity index (χ3n) is 3.09. The molecule has 17 heavy (non-hydrogen) atoms. The smallest absolute Gasteiger partial charge is 0.123 e. The molecule has 94 valence electrons. The van der Waals surface area contributed by atoms with Gasteiger partial charge in [0, 0.05) is 24.7 Å². The molecule has 0 saturated heterocycles. The summed E-state index contributed by atoms with van der Waals surface area (Å²) in [5.41, 5.74) is 2.49. The lowest BCUT2D eigenvalue weighted by Gasteiger charge is -2.30. The first-order valence-electron chi connectivity index (χ1n) is 6.20. The van der Waals surface area contributed by atoms with E-state index in [9.17, 15) is 4.39 Å². The monoisotopic (exact) mass is 236 g/mol. The highest BCUT2D eigenvalue weighted by molar-refractivity contribution is 5.30. The zero-order valence-corrected chi connectivity index (χ0v) is 10.8. The van der Waals surface area contributed by atoms with Crippen LogP contribution in [0.1, 0.15) is 31.9 Å². The average molecular weight is 236 g/mol. The quantitative estimate of drug-likeness (QED) is 0.823. The number of halogens is 1. The number of hydrogen-bond acceptors (Lipinski definition) is 2. The van der Waals surface area contributed by atoms with Gasteiger partial charge in [-0.1, -0.05) is 6.07 Å². The Hall–Kier alpha value is -0.930. The topological polar surface area (TPSA) is 24.1 Å². The van der Waals surface area contributed by atoms with Gasteiger partial charge in [0.05, 0.1) is 0 Å². The molecule has 1 aliphatic rings. The Balaban J connectivity index is 1.98. The maximum atomic E-state index is 13.2. The molecule has 2 N–H and O–H groups in total. The van der Waals surface area contributed by atoms with Crippen LogP contribution in [0.25, 0.3) is 0 Å². The number of rotatable bonds is 2. The maximum Gasteiger partial charge on any atom is 0.123 e. The molecule has 1 aromatic carbocycles. The summed E-state index contributed by atoms with van der Waals surface area (Å²) in [4.78, 5) is 0. The van der Waals surface area contributed by atoms with Crippen molar-refractivity contribution in [1.29, 1.82) is 0 Å². The van der Waals surface area contributed by atoms with Gasteiger partial charge in [-0.05, 0) is 50.5 Å². The van der Waals surface area contributed by atoms with E-state index in [1.54, 1.807) is 6.07 Å². The van der Waals surface area contributed by atoms with Gasteiger partial charge in [0.15, 0.2) is 0 Å². The van der Waals surface area contributed by atoms with Gasteiger partial charge in [-0.3, -0.25) is 0 Å². The predicted octanol–water partition coefficient (Wildman–Crippen LogP) is 2.23. The molecule has 1 heterocycles. The molecule has 0 spiro atoms. The summed E-state index contributed by atoms with van der Waals surface area (Å²) in [6.07, 6.45) is 0.899. The van der Waals surface area contributed by atoms with Gasteiger partial charge < -0.3 is 10.6 Å². The van der Waals surface area contributed by atoms with Crippen LogP contribution in [0.2, 0.25) is 0 Å². The second-order valence-electron chi connectivity index (χ2n) is 5.83. The summed E-state index contributed by atoms with van der Waals surface area (Å²) < 4.78 is 13.2. The normalized spacial score (nSPS) is 20.1. The fraction of sp³-hybridized carbons (Fsp3) is 0.571. The lowest BCUT2D eigenvalue weighted by Crippen LogP contribution is -2.48. The first-order valence-corrected chi connectivity index (χ1v) is 6.20. The van der Waals surface area contributed by atoms with Crippen LogP contribution in [0, 0.1) is 5.82 Å². The minimum Gasteiger partial charge on any atom is -0.311 e. The molecule has 0 amide bonds. The summed E-state index contributed by atoms with van der Waals surface area (Å²) >= 11 is 0. The lowest BCUT2D eigenvalue weighted by atomic mass is 9.95. The van der Waals surface area contributed by atoms with Crippen molar-refractivity contribution in [2.45, 2.75) is 45.3 Å². The van der Waals surface area contributed by atoms with Gasteiger partial charge in [-0.2, -0.15) is 0 Å². The third-order valence-corrected chi connectivity index (χ3v) is 3.09. The Labute approximate surface area is 103 Å². The minimum absolute atomic E-state index is 0.129. The van der Waals surface area contributed by atoms with Crippen LogP contribution in [0.3, 0.4) is 0 Å². The van der Waals surface area contributed by atoms with E-state index in [2.05, 4.69) is 31.4 Å². The van der Waals surface area contributed by atoms with Crippen LogP contribution >= 0.6 is 0 Å². The average Bonchev–Trinajstić information content (AvgIpc) is 2.24. The van der Waals surface area contributed by atoms with Crippen LogP contribution in [0.4, 0.5) is 4.39 Å². The highest BCUT2D eigenvalue weighted by Crippen LogP contribution is 2.18. The van der Waals surface area contributed by atoms with Crippen molar-refractivity contribution < 1.29 is 4.39 Å². The van der Waals surface area contributed by atoms with E-state index in [0.29, 0.717) is 6.04 Å². The van der Waals surface area contributed by atoms with E-state index in [1.807, 2.05) is 6.07 Å². The van der Waals surface area contributed by atoms with Crippen molar-refractivity contribution in [1.82, 2.24) is 10.6 Å². The van der Waals surface area contributed by atoms with Crippen LogP contribution in [0.15, 0.2) is 18.2 Å². The maximum absolute atomic E-state index is 13.2. The van der Waals surface area contributed by atoms with E-state index in [4.69, 9.17) is 0 Å². The highest BCUT2D eigenvalue weighted by atomic mass is 19.1. The number of fused-ring (bicyclic) bond motifs is 1. The van der Waals surface area contributed by atoms with Gasteiger partial charge in [0.1, 0.15) is 5.82 Å². The van der Waals surface area contributed by atoms with Crippen LogP contribution in [-0.2, 0) is 13.0 Å². The number of benzene rings is 1. The Kier molecular flexibility index (Phi) is 3.50. The van der Waals surface area contributed by atoms with Crippen LogP contribution < -0.4 is 10.6 Å². The summed E-state index contributed by atoms with van der Waals surface area (Å²) in [6.45, 7) is 8.22. The summed E-state index contributed by atoms with van der Waals surface area (Å²) in [5.74, 6) is -0.131. The molecule has 0 fully saturated rings. The van der Waals surface area contributed by atoms with Crippen molar-refractivity contribution in [2.75, 3.05) is 6.54 Å². The molecule has 0 saturated carbocycles. The van der Waals surface area contributed by atoms with E-state index >= 15 is 0 Å². The summed E-state index contributed by atoms with van der Waals surface area (Å²) in [6, 6.07) is 5.48. The molecule has 1 aliphatic heterocycles. The molecule has 2 rings (SSSR count). The molecule has 1 aromatic rings. The van der Waals surface area contributed by atoms with E-state index in [1.165, 1.54) is 11.6 Å². The fourth-order valence-electron chi connectivity index (χ4n) is 2.12. The molecular formula is C14H21FN2. The molecule has 0 aromatic heterocycles. The fourth-order valence-corrected chi connectivity index (χ4v) is 2.12. The first kappa shape index (κ1) is 12.5. The van der Waals surface area contributed by atoms with E-state index < -0.39 is 0 Å². The van der Waals surface area contributed by atoms with Crippen LogP contribution in [-0.4, -0.2) is 18.1 Å². The molecule has 1 atom stereocenters. The summed E-state index contributed by atoms with van der Waals surface area (Å²) in [5, 5.41) is 6.96. The lowest BCUT2D eigenvalue weighted by molar-refractivity contribution is 0.366. The molecule has 1 unspecified atom stereocenters. The predicted molar refractivity (Wildman–Crippen MR) is 68.5 cm³/mol. The van der Waals surface area contributed by atoms with Crippen molar-refractivity contribution in [3.8, 4) is 0 Å². The Morgan fingerprint density at radius 1 is 1.35 bits per heavy atom. The Morgan fingerprint density at radius 2 is 2.12 bits per heavy atom. The second kappa shape index (κ2) is 4.75. The zero-order chi connectivity index (χ0) is 12.5. The van der Waals surface area contributed by atoms with Gasteiger partial charge in [-0.25, -0.2) is 4.39 Å². The molecule has 2 nitrogen and oxygen atoms in total. The van der Waals surface area contributed by atoms with Crippen molar-refractivity contribution in [3.63, 3.8) is 0 Å². The zero-order valence-electron chi connectivity index (χ0n) is 10.8. The van der Waals surface area contributed by atoms with Crippen LogP contribution in [0.5, 0.6) is 0 Å². The number of nitrogens with one attached hydrogen (secondary N) is 2. The SMILES string of the molecule is CC(C)(C)NCC1Cc2cc(F)ccc2CN1. The third kappa shape index (κ3) is 3.51. The van der Waals surface area contributed by atoms with Gasteiger partial charge in [0.25, 0.3) is 0 Å². The molecule has 0 aliphatic carbocycles. The summed E-state index contributed by atoms with van der Waals surface area (Å²) in [7, 11) is 0. The Morgan fingerprint density at radius 3 is 2.82 bits per heavy atom.